The Morgan fingerprint density at radius 1 is 1.19 bits per heavy atom. The standard InChI is InChI=1S/C22H27N3O2/c1-24-11-10-19-7-8-20(13-21(19)24)23-22(26)25-12-9-18(14-25)16-27-15-17-5-3-2-4-6-17/h2-8,13,18H,9-12,14-16H2,1H3,(H,23,26)/t18-/m0/s1. The van der Waals surface area contributed by atoms with E-state index < -0.39 is 0 Å². The van der Waals surface area contributed by atoms with Crippen LogP contribution in [0.5, 0.6) is 0 Å². The van der Waals surface area contributed by atoms with Crippen LogP contribution < -0.4 is 10.2 Å². The van der Waals surface area contributed by atoms with E-state index in [0.717, 1.165) is 38.2 Å². The van der Waals surface area contributed by atoms with Crippen molar-refractivity contribution >= 4 is 17.4 Å². The lowest BCUT2D eigenvalue weighted by Crippen LogP contribution is -2.33. The third-order valence-electron chi connectivity index (χ3n) is 5.50. The molecule has 2 amide bonds. The van der Waals surface area contributed by atoms with E-state index in [1.165, 1.54) is 16.8 Å². The van der Waals surface area contributed by atoms with Crippen LogP contribution in [-0.4, -0.2) is 44.2 Å². The average Bonchev–Trinajstić information content (AvgIpc) is 3.30. The van der Waals surface area contributed by atoms with Gasteiger partial charge in [0.05, 0.1) is 13.2 Å². The van der Waals surface area contributed by atoms with Gasteiger partial charge in [0.25, 0.3) is 0 Å². The number of amides is 2. The number of likely N-dealkylation sites (tertiary alicyclic amines) is 1. The summed E-state index contributed by atoms with van der Waals surface area (Å²) in [5.74, 6) is 0.408. The second kappa shape index (κ2) is 8.01. The Morgan fingerprint density at radius 2 is 2.04 bits per heavy atom. The zero-order valence-electron chi connectivity index (χ0n) is 15.9. The molecule has 0 unspecified atom stereocenters. The number of ether oxygens (including phenoxy) is 1. The summed E-state index contributed by atoms with van der Waals surface area (Å²) in [6.45, 7) is 3.92. The van der Waals surface area contributed by atoms with Gasteiger partial charge in [-0.15, -0.1) is 0 Å². The van der Waals surface area contributed by atoms with Gasteiger partial charge in [0.15, 0.2) is 0 Å². The summed E-state index contributed by atoms with van der Waals surface area (Å²) in [5.41, 5.74) is 4.64. The fraction of sp³-hybridized carbons (Fsp3) is 0.409. The zero-order chi connectivity index (χ0) is 18.6. The van der Waals surface area contributed by atoms with Crippen molar-refractivity contribution in [3.8, 4) is 0 Å². The number of nitrogens with one attached hydrogen (secondary N) is 1. The third kappa shape index (κ3) is 4.25. The van der Waals surface area contributed by atoms with Crippen LogP contribution in [0.1, 0.15) is 17.5 Å². The van der Waals surface area contributed by atoms with Crippen LogP contribution in [0.4, 0.5) is 16.2 Å². The maximum absolute atomic E-state index is 12.6. The average molecular weight is 365 g/mol. The molecule has 2 heterocycles. The number of hydrogen-bond donors (Lipinski definition) is 1. The number of likely N-dealkylation sites (N-methyl/N-ethyl adjacent to an activating group) is 1. The predicted octanol–water partition coefficient (Wildman–Crippen LogP) is 3.75. The second-order valence-electron chi connectivity index (χ2n) is 7.55. The minimum atomic E-state index is -0.0128. The molecule has 0 aliphatic carbocycles. The van der Waals surface area contributed by atoms with E-state index >= 15 is 0 Å². The van der Waals surface area contributed by atoms with Crippen LogP contribution in [0.25, 0.3) is 0 Å². The number of carbonyl (C=O) groups excluding carboxylic acids is 1. The number of nitrogens with zero attached hydrogens (tertiary/aromatic N) is 2. The summed E-state index contributed by atoms with van der Waals surface area (Å²) in [7, 11) is 2.10. The van der Waals surface area contributed by atoms with Gasteiger partial charge in [-0.05, 0) is 36.1 Å². The molecule has 4 rings (SSSR count). The van der Waals surface area contributed by atoms with Crippen LogP contribution in [0, 0.1) is 5.92 Å². The quantitative estimate of drug-likeness (QED) is 0.878. The van der Waals surface area contributed by atoms with Gasteiger partial charge in [-0.3, -0.25) is 0 Å². The molecule has 2 aromatic rings. The van der Waals surface area contributed by atoms with E-state index in [-0.39, 0.29) is 6.03 Å². The summed E-state index contributed by atoms with van der Waals surface area (Å²) < 4.78 is 5.85. The first-order valence-electron chi connectivity index (χ1n) is 9.71. The van der Waals surface area contributed by atoms with Gasteiger partial charge in [-0.2, -0.15) is 0 Å². The van der Waals surface area contributed by atoms with Crippen LogP contribution in [0.2, 0.25) is 0 Å². The minimum absolute atomic E-state index is 0.0128. The largest absolute Gasteiger partial charge is 0.376 e. The highest BCUT2D eigenvalue weighted by Gasteiger charge is 2.26. The summed E-state index contributed by atoms with van der Waals surface area (Å²) in [5, 5.41) is 3.06. The van der Waals surface area contributed by atoms with Crippen LogP contribution in [0.15, 0.2) is 48.5 Å². The van der Waals surface area contributed by atoms with Gasteiger partial charge in [0.1, 0.15) is 0 Å². The van der Waals surface area contributed by atoms with Gasteiger partial charge >= 0.3 is 6.03 Å². The Bertz CT molecular complexity index is 793. The molecule has 0 spiro atoms. The molecule has 2 aliphatic rings. The monoisotopic (exact) mass is 365 g/mol. The smallest absolute Gasteiger partial charge is 0.321 e. The van der Waals surface area contributed by atoms with Crippen molar-refractivity contribution in [1.82, 2.24) is 4.90 Å². The molecular formula is C22H27N3O2. The first-order chi connectivity index (χ1) is 13.2. The van der Waals surface area contributed by atoms with Crippen molar-refractivity contribution in [2.24, 2.45) is 5.92 Å². The van der Waals surface area contributed by atoms with Crippen molar-refractivity contribution in [2.45, 2.75) is 19.4 Å². The molecule has 2 aromatic carbocycles. The molecule has 5 nitrogen and oxygen atoms in total. The molecule has 1 atom stereocenters. The molecule has 142 valence electrons. The van der Waals surface area contributed by atoms with Gasteiger partial charge in [0.2, 0.25) is 0 Å². The maximum atomic E-state index is 12.6. The van der Waals surface area contributed by atoms with Crippen molar-refractivity contribution in [3.63, 3.8) is 0 Å². The lowest BCUT2D eigenvalue weighted by molar-refractivity contribution is 0.0900. The Labute approximate surface area is 160 Å². The number of anilines is 2. The van der Waals surface area contributed by atoms with Gasteiger partial charge < -0.3 is 19.9 Å². The predicted molar refractivity (Wildman–Crippen MR) is 108 cm³/mol. The lowest BCUT2D eigenvalue weighted by atomic mass is 10.1. The molecule has 0 radical (unpaired) electrons. The molecule has 1 saturated heterocycles. The number of urea groups is 1. The van der Waals surface area contributed by atoms with Crippen molar-refractivity contribution in [1.29, 1.82) is 0 Å². The van der Waals surface area contributed by atoms with E-state index in [2.05, 4.69) is 41.5 Å². The number of benzene rings is 2. The summed E-state index contributed by atoms with van der Waals surface area (Å²) >= 11 is 0. The Morgan fingerprint density at radius 3 is 2.89 bits per heavy atom. The molecule has 1 N–H and O–H groups in total. The van der Waals surface area contributed by atoms with E-state index in [9.17, 15) is 4.79 Å². The number of rotatable bonds is 5. The Hall–Kier alpha value is -2.53. The molecule has 27 heavy (non-hydrogen) atoms. The summed E-state index contributed by atoms with van der Waals surface area (Å²) in [6, 6.07) is 16.4. The van der Waals surface area contributed by atoms with E-state index in [4.69, 9.17) is 4.74 Å². The molecule has 1 fully saturated rings. The molecule has 0 saturated carbocycles. The van der Waals surface area contributed by atoms with Crippen molar-refractivity contribution < 1.29 is 9.53 Å². The number of fused-ring (bicyclic) bond motifs is 1. The first-order valence-corrected chi connectivity index (χ1v) is 9.71. The molecule has 0 aromatic heterocycles. The van der Waals surface area contributed by atoms with Crippen molar-refractivity contribution in [2.75, 3.05) is 43.5 Å². The highest BCUT2D eigenvalue weighted by atomic mass is 16.5. The van der Waals surface area contributed by atoms with Gasteiger partial charge in [0, 0.05) is 44.0 Å². The summed E-state index contributed by atoms with van der Waals surface area (Å²) in [6.07, 6.45) is 2.08. The highest BCUT2D eigenvalue weighted by molar-refractivity contribution is 5.90. The van der Waals surface area contributed by atoms with Crippen LogP contribution >= 0.6 is 0 Å². The molecule has 5 heteroatoms. The van der Waals surface area contributed by atoms with E-state index in [1.807, 2.05) is 29.2 Å². The second-order valence-corrected chi connectivity index (χ2v) is 7.55. The lowest BCUT2D eigenvalue weighted by Gasteiger charge is -2.19. The van der Waals surface area contributed by atoms with Crippen molar-refractivity contribution in [3.05, 3.63) is 59.7 Å². The molecular weight excluding hydrogens is 338 g/mol. The normalized spacial score (nSPS) is 18.6. The van der Waals surface area contributed by atoms with E-state index in [0.29, 0.717) is 19.1 Å². The number of hydrogen-bond acceptors (Lipinski definition) is 3. The SMILES string of the molecule is CN1CCc2ccc(NC(=O)N3CC[C@H](COCc4ccccc4)C3)cc21. The highest BCUT2D eigenvalue weighted by Crippen LogP contribution is 2.30. The molecule has 0 bridgehead atoms. The van der Waals surface area contributed by atoms with Crippen LogP contribution in [-0.2, 0) is 17.8 Å². The zero-order valence-corrected chi connectivity index (χ0v) is 15.9. The fourth-order valence-electron chi connectivity index (χ4n) is 3.89. The van der Waals surface area contributed by atoms with Crippen LogP contribution in [0.3, 0.4) is 0 Å². The fourth-order valence-corrected chi connectivity index (χ4v) is 3.89. The van der Waals surface area contributed by atoms with E-state index in [1.54, 1.807) is 0 Å². The first kappa shape index (κ1) is 17.9. The Kier molecular flexibility index (Phi) is 5.30. The number of carbonyl (C=O) groups is 1. The third-order valence-corrected chi connectivity index (χ3v) is 5.50. The van der Waals surface area contributed by atoms with Gasteiger partial charge in [-0.1, -0.05) is 36.4 Å². The topological polar surface area (TPSA) is 44.8 Å². The minimum Gasteiger partial charge on any atom is -0.376 e. The maximum Gasteiger partial charge on any atom is 0.321 e. The molecule has 2 aliphatic heterocycles. The summed E-state index contributed by atoms with van der Waals surface area (Å²) in [4.78, 5) is 16.7. The van der Waals surface area contributed by atoms with Gasteiger partial charge in [-0.25, -0.2) is 4.79 Å². The Balaban J connectivity index is 1.25.